The molecule has 1 heterocycles. The average Bonchev–Trinajstić information content (AvgIpc) is 2.55. The van der Waals surface area contributed by atoms with Crippen LogP contribution in [0.15, 0.2) is 36.5 Å². The van der Waals surface area contributed by atoms with Gasteiger partial charge in [0.05, 0.1) is 5.02 Å². The summed E-state index contributed by atoms with van der Waals surface area (Å²) in [5.41, 5.74) is 1.10. The molecule has 2 aromatic rings. The van der Waals surface area contributed by atoms with Crippen molar-refractivity contribution >= 4 is 29.0 Å². The number of nitrogens with one attached hydrogen (secondary N) is 2. The fraction of sp³-hybridized carbons (Fsp3) is 0.294. The molecule has 0 aliphatic heterocycles. The summed E-state index contributed by atoms with van der Waals surface area (Å²) < 4.78 is 13.2. The first-order valence-corrected chi connectivity index (χ1v) is 7.94. The smallest absolute Gasteiger partial charge is 0.251 e. The van der Waals surface area contributed by atoms with Gasteiger partial charge in [0.1, 0.15) is 11.6 Å². The number of aromatic nitrogens is 1. The summed E-state index contributed by atoms with van der Waals surface area (Å²) in [7, 11) is 3.98. The van der Waals surface area contributed by atoms with Gasteiger partial charge in [0, 0.05) is 24.0 Å². The van der Waals surface area contributed by atoms with E-state index in [1.807, 2.05) is 14.1 Å². The van der Waals surface area contributed by atoms with E-state index >= 15 is 0 Å². The molecule has 0 unspecified atom stereocenters. The van der Waals surface area contributed by atoms with Crippen LogP contribution in [-0.2, 0) is 0 Å². The Balaban J connectivity index is 1.97. The molecule has 0 saturated heterocycles. The zero-order valence-corrected chi connectivity index (χ0v) is 14.4. The summed E-state index contributed by atoms with van der Waals surface area (Å²) in [6.45, 7) is 1.52. The van der Waals surface area contributed by atoms with Gasteiger partial charge in [0.25, 0.3) is 5.91 Å². The molecule has 0 aliphatic rings. The normalized spacial score (nSPS) is 10.7. The molecule has 0 spiro atoms. The van der Waals surface area contributed by atoms with Gasteiger partial charge in [0.2, 0.25) is 0 Å². The van der Waals surface area contributed by atoms with Crippen molar-refractivity contribution in [3.8, 4) is 0 Å². The summed E-state index contributed by atoms with van der Waals surface area (Å²) in [4.78, 5) is 18.4. The molecule has 2 rings (SSSR count). The Bertz CT molecular complexity index is 709. The van der Waals surface area contributed by atoms with Crippen molar-refractivity contribution in [1.29, 1.82) is 0 Å². The van der Waals surface area contributed by atoms with Crippen molar-refractivity contribution in [3.05, 3.63) is 52.9 Å². The Morgan fingerprint density at radius 1 is 1.29 bits per heavy atom. The molecule has 0 fully saturated rings. The van der Waals surface area contributed by atoms with Gasteiger partial charge in [-0.3, -0.25) is 4.79 Å². The Hall–Kier alpha value is -2.18. The van der Waals surface area contributed by atoms with Crippen LogP contribution < -0.4 is 10.6 Å². The fourth-order valence-corrected chi connectivity index (χ4v) is 2.24. The van der Waals surface area contributed by atoms with E-state index in [0.29, 0.717) is 23.6 Å². The molecular formula is C17H20ClFN4O. The lowest BCUT2D eigenvalue weighted by Gasteiger charge is -2.11. The van der Waals surface area contributed by atoms with Crippen LogP contribution in [0.2, 0.25) is 5.02 Å². The highest BCUT2D eigenvalue weighted by molar-refractivity contribution is 6.31. The van der Waals surface area contributed by atoms with E-state index in [4.69, 9.17) is 11.6 Å². The predicted octanol–water partition coefficient (Wildman–Crippen LogP) is 3.30. The number of nitrogens with zero attached hydrogens (tertiary/aromatic N) is 2. The number of hydrogen-bond donors (Lipinski definition) is 2. The quantitative estimate of drug-likeness (QED) is 0.752. The third kappa shape index (κ3) is 5.47. The van der Waals surface area contributed by atoms with Gasteiger partial charge < -0.3 is 15.5 Å². The van der Waals surface area contributed by atoms with E-state index in [2.05, 4.69) is 20.5 Å². The van der Waals surface area contributed by atoms with E-state index in [1.54, 1.807) is 24.4 Å². The Labute approximate surface area is 145 Å². The van der Waals surface area contributed by atoms with Crippen molar-refractivity contribution in [2.75, 3.05) is 32.5 Å². The summed E-state index contributed by atoms with van der Waals surface area (Å²) in [6, 6.07) is 7.57. The largest absolute Gasteiger partial charge is 0.352 e. The SMILES string of the molecule is CN(C)CCCNC(=O)c1ccnc(Nc2ccc(F)c(Cl)c2)c1. The van der Waals surface area contributed by atoms with Crippen LogP contribution in [0.5, 0.6) is 0 Å². The highest BCUT2D eigenvalue weighted by Gasteiger charge is 2.07. The maximum atomic E-state index is 13.2. The fourth-order valence-electron chi connectivity index (χ4n) is 2.06. The lowest BCUT2D eigenvalue weighted by molar-refractivity contribution is 0.0952. The topological polar surface area (TPSA) is 57.3 Å². The molecule has 1 aromatic carbocycles. The minimum absolute atomic E-state index is 0.0230. The van der Waals surface area contributed by atoms with E-state index in [0.717, 1.165) is 13.0 Å². The number of carbonyl (C=O) groups excluding carboxylic acids is 1. The minimum atomic E-state index is -0.485. The van der Waals surface area contributed by atoms with Gasteiger partial charge in [-0.05, 0) is 57.4 Å². The molecule has 0 radical (unpaired) electrons. The van der Waals surface area contributed by atoms with Gasteiger partial charge in [0.15, 0.2) is 0 Å². The molecule has 0 saturated carbocycles. The van der Waals surface area contributed by atoms with Gasteiger partial charge in [-0.25, -0.2) is 9.37 Å². The van der Waals surface area contributed by atoms with Crippen LogP contribution in [0, 0.1) is 5.82 Å². The van der Waals surface area contributed by atoms with Crippen LogP contribution in [0.1, 0.15) is 16.8 Å². The van der Waals surface area contributed by atoms with Crippen LogP contribution in [0.3, 0.4) is 0 Å². The van der Waals surface area contributed by atoms with Crippen molar-refractivity contribution < 1.29 is 9.18 Å². The Morgan fingerprint density at radius 2 is 2.08 bits per heavy atom. The van der Waals surface area contributed by atoms with Crippen LogP contribution >= 0.6 is 11.6 Å². The van der Waals surface area contributed by atoms with Crippen molar-refractivity contribution in [1.82, 2.24) is 15.2 Å². The second kappa shape index (κ2) is 8.61. The van der Waals surface area contributed by atoms with Gasteiger partial charge in [-0.1, -0.05) is 11.6 Å². The number of halogens is 2. The minimum Gasteiger partial charge on any atom is -0.352 e. The molecule has 7 heteroatoms. The van der Waals surface area contributed by atoms with Crippen molar-refractivity contribution in [3.63, 3.8) is 0 Å². The summed E-state index contributed by atoms with van der Waals surface area (Å²) in [5, 5.41) is 5.89. The number of pyridine rings is 1. The average molecular weight is 351 g/mol. The number of hydrogen-bond acceptors (Lipinski definition) is 4. The maximum absolute atomic E-state index is 13.2. The first kappa shape index (κ1) is 18.2. The van der Waals surface area contributed by atoms with E-state index in [-0.39, 0.29) is 10.9 Å². The van der Waals surface area contributed by atoms with Crippen LogP contribution in [0.25, 0.3) is 0 Å². The third-order valence-corrected chi connectivity index (χ3v) is 3.57. The molecule has 0 aliphatic carbocycles. The van der Waals surface area contributed by atoms with Gasteiger partial charge in [-0.2, -0.15) is 0 Å². The van der Waals surface area contributed by atoms with Crippen molar-refractivity contribution in [2.24, 2.45) is 0 Å². The molecular weight excluding hydrogens is 331 g/mol. The Kier molecular flexibility index (Phi) is 6.52. The van der Waals surface area contributed by atoms with E-state index in [9.17, 15) is 9.18 Å². The third-order valence-electron chi connectivity index (χ3n) is 3.28. The summed E-state index contributed by atoms with van der Waals surface area (Å²) in [6.07, 6.45) is 2.42. The predicted molar refractivity (Wildman–Crippen MR) is 94.4 cm³/mol. The molecule has 24 heavy (non-hydrogen) atoms. The number of anilines is 2. The van der Waals surface area contributed by atoms with Crippen LogP contribution in [-0.4, -0.2) is 43.0 Å². The number of carbonyl (C=O) groups is 1. The number of amides is 1. The molecule has 1 amide bonds. The van der Waals surface area contributed by atoms with Crippen molar-refractivity contribution in [2.45, 2.75) is 6.42 Å². The number of rotatable bonds is 7. The van der Waals surface area contributed by atoms with Gasteiger partial charge in [-0.15, -0.1) is 0 Å². The number of benzene rings is 1. The summed E-state index contributed by atoms with van der Waals surface area (Å²) >= 11 is 5.75. The first-order chi connectivity index (χ1) is 11.5. The first-order valence-electron chi connectivity index (χ1n) is 7.57. The molecule has 2 N–H and O–H groups in total. The second-order valence-electron chi connectivity index (χ2n) is 5.60. The highest BCUT2D eigenvalue weighted by atomic mass is 35.5. The molecule has 0 bridgehead atoms. The van der Waals surface area contributed by atoms with E-state index < -0.39 is 5.82 Å². The molecule has 0 atom stereocenters. The molecule has 5 nitrogen and oxygen atoms in total. The second-order valence-corrected chi connectivity index (χ2v) is 6.00. The monoisotopic (exact) mass is 350 g/mol. The molecule has 128 valence electrons. The maximum Gasteiger partial charge on any atom is 0.251 e. The molecule has 1 aromatic heterocycles. The zero-order valence-electron chi connectivity index (χ0n) is 13.6. The zero-order chi connectivity index (χ0) is 17.5. The lowest BCUT2D eigenvalue weighted by Crippen LogP contribution is -2.27. The highest BCUT2D eigenvalue weighted by Crippen LogP contribution is 2.22. The Morgan fingerprint density at radius 3 is 2.79 bits per heavy atom. The lowest BCUT2D eigenvalue weighted by atomic mass is 10.2. The van der Waals surface area contributed by atoms with Gasteiger partial charge >= 0.3 is 0 Å². The standard InChI is InChI=1S/C17H20ClFN4O/c1-23(2)9-3-7-21-17(24)12-6-8-20-16(10-12)22-13-4-5-15(19)14(18)11-13/h4-6,8,10-11H,3,7,9H2,1-2H3,(H,20,22)(H,21,24). The summed E-state index contributed by atoms with van der Waals surface area (Å²) in [5.74, 6) is -0.156. The van der Waals surface area contributed by atoms with Crippen LogP contribution in [0.4, 0.5) is 15.9 Å². The van der Waals surface area contributed by atoms with E-state index in [1.165, 1.54) is 12.1 Å².